The minimum Gasteiger partial charge on any atom is -0.317 e. The van der Waals surface area contributed by atoms with Crippen LogP contribution in [0, 0.1) is 6.92 Å². The summed E-state index contributed by atoms with van der Waals surface area (Å²) >= 11 is 3.35. The second-order valence-corrected chi connectivity index (χ2v) is 8.15. The first-order valence-electron chi connectivity index (χ1n) is 6.88. The van der Waals surface area contributed by atoms with Gasteiger partial charge in [0.25, 0.3) is 0 Å². The van der Waals surface area contributed by atoms with Crippen LogP contribution in [0.4, 0.5) is 0 Å². The second kappa shape index (κ2) is 6.56. The first-order chi connectivity index (χ1) is 9.43. The van der Waals surface area contributed by atoms with Crippen molar-refractivity contribution in [2.45, 2.75) is 37.1 Å². The fourth-order valence-electron chi connectivity index (χ4n) is 2.57. The molecule has 0 radical (unpaired) electrons. The largest absolute Gasteiger partial charge is 0.317 e. The SMILES string of the molecule is Cc1ccc(Br)cc1S(=O)(=O)N(C)C1CCCNCC1. The molecule has 1 aromatic rings. The number of halogens is 1. The van der Waals surface area contributed by atoms with E-state index in [1.165, 1.54) is 0 Å². The summed E-state index contributed by atoms with van der Waals surface area (Å²) in [4.78, 5) is 0.395. The lowest BCUT2D eigenvalue weighted by Crippen LogP contribution is -2.37. The molecule has 0 aromatic heterocycles. The van der Waals surface area contributed by atoms with Gasteiger partial charge in [-0.3, -0.25) is 0 Å². The molecule has 0 amide bonds. The van der Waals surface area contributed by atoms with E-state index in [0.717, 1.165) is 42.4 Å². The molecule has 1 heterocycles. The van der Waals surface area contributed by atoms with Gasteiger partial charge >= 0.3 is 0 Å². The van der Waals surface area contributed by atoms with Gasteiger partial charge in [0.2, 0.25) is 10.0 Å². The van der Waals surface area contributed by atoms with Gasteiger partial charge < -0.3 is 5.32 Å². The molecule has 1 atom stereocenters. The Morgan fingerprint density at radius 3 is 2.80 bits per heavy atom. The summed E-state index contributed by atoms with van der Waals surface area (Å²) in [7, 11) is -1.73. The molecule has 1 aliphatic heterocycles. The Morgan fingerprint density at radius 2 is 2.05 bits per heavy atom. The predicted octanol–water partition coefficient (Wildman–Crippen LogP) is 2.52. The van der Waals surface area contributed by atoms with E-state index in [9.17, 15) is 8.42 Å². The van der Waals surface area contributed by atoms with Gasteiger partial charge in [-0.1, -0.05) is 22.0 Å². The maximum absolute atomic E-state index is 12.8. The molecule has 20 heavy (non-hydrogen) atoms. The van der Waals surface area contributed by atoms with E-state index in [4.69, 9.17) is 0 Å². The second-order valence-electron chi connectivity index (χ2n) is 5.27. The van der Waals surface area contributed by atoms with E-state index in [2.05, 4.69) is 21.2 Å². The van der Waals surface area contributed by atoms with Crippen LogP contribution in [0.3, 0.4) is 0 Å². The van der Waals surface area contributed by atoms with Gasteiger partial charge in [-0.15, -0.1) is 0 Å². The molecule has 2 rings (SSSR count). The first kappa shape index (κ1) is 15.9. The molecule has 1 aliphatic rings. The zero-order chi connectivity index (χ0) is 14.8. The minimum absolute atomic E-state index is 0.0772. The topological polar surface area (TPSA) is 49.4 Å². The highest BCUT2D eigenvalue weighted by atomic mass is 79.9. The maximum Gasteiger partial charge on any atom is 0.243 e. The van der Waals surface area contributed by atoms with Gasteiger partial charge in [0.1, 0.15) is 0 Å². The van der Waals surface area contributed by atoms with Crippen molar-refractivity contribution in [1.29, 1.82) is 0 Å². The average molecular weight is 361 g/mol. The number of hydrogen-bond acceptors (Lipinski definition) is 3. The lowest BCUT2D eigenvalue weighted by molar-refractivity contribution is 0.341. The molecule has 0 bridgehead atoms. The minimum atomic E-state index is -3.43. The number of nitrogens with zero attached hydrogens (tertiary/aromatic N) is 1. The van der Waals surface area contributed by atoms with Crippen LogP contribution in [0.25, 0.3) is 0 Å². The Bertz CT molecular complexity index is 567. The summed E-state index contributed by atoms with van der Waals surface area (Å²) in [6, 6.07) is 5.47. The Hall–Kier alpha value is -0.430. The van der Waals surface area contributed by atoms with Crippen LogP contribution in [0.1, 0.15) is 24.8 Å². The fourth-order valence-corrected chi connectivity index (χ4v) is 4.74. The summed E-state index contributed by atoms with van der Waals surface area (Å²) in [6.07, 6.45) is 2.79. The number of hydrogen-bond donors (Lipinski definition) is 1. The molecule has 0 spiro atoms. The smallest absolute Gasteiger partial charge is 0.243 e. The Labute approximate surface area is 129 Å². The van der Waals surface area contributed by atoms with Crippen molar-refractivity contribution in [3.8, 4) is 0 Å². The third-order valence-corrected chi connectivity index (χ3v) is 6.41. The van der Waals surface area contributed by atoms with E-state index < -0.39 is 10.0 Å². The molecular formula is C14H21BrN2O2S. The number of sulfonamides is 1. The summed E-state index contributed by atoms with van der Waals surface area (Å²) in [5, 5.41) is 3.31. The fraction of sp³-hybridized carbons (Fsp3) is 0.571. The van der Waals surface area contributed by atoms with Gasteiger partial charge in [-0.25, -0.2) is 8.42 Å². The molecular weight excluding hydrogens is 340 g/mol. The quantitative estimate of drug-likeness (QED) is 0.900. The molecule has 112 valence electrons. The summed E-state index contributed by atoms with van der Waals surface area (Å²) in [5.41, 5.74) is 0.784. The molecule has 1 fully saturated rings. The molecule has 4 nitrogen and oxygen atoms in total. The van der Waals surface area contributed by atoms with E-state index in [1.807, 2.05) is 19.1 Å². The Balaban J connectivity index is 2.31. The van der Waals surface area contributed by atoms with Gasteiger partial charge in [-0.2, -0.15) is 4.31 Å². The van der Waals surface area contributed by atoms with Crippen LogP contribution in [0.5, 0.6) is 0 Å². The van der Waals surface area contributed by atoms with Crippen molar-refractivity contribution in [2.75, 3.05) is 20.1 Å². The highest BCUT2D eigenvalue weighted by Crippen LogP contribution is 2.26. The van der Waals surface area contributed by atoms with Crippen molar-refractivity contribution in [3.05, 3.63) is 28.2 Å². The monoisotopic (exact) mass is 360 g/mol. The summed E-state index contributed by atoms with van der Waals surface area (Å²) in [5.74, 6) is 0. The molecule has 0 aliphatic carbocycles. The average Bonchev–Trinajstić information content (AvgIpc) is 2.69. The predicted molar refractivity (Wildman–Crippen MR) is 84.3 cm³/mol. The number of rotatable bonds is 3. The highest BCUT2D eigenvalue weighted by Gasteiger charge is 2.29. The van der Waals surface area contributed by atoms with E-state index >= 15 is 0 Å². The summed E-state index contributed by atoms with van der Waals surface area (Å²) in [6.45, 7) is 3.68. The van der Waals surface area contributed by atoms with Crippen molar-refractivity contribution in [1.82, 2.24) is 9.62 Å². The molecule has 1 unspecified atom stereocenters. The third-order valence-electron chi connectivity index (χ3n) is 3.87. The van der Waals surface area contributed by atoms with E-state index in [0.29, 0.717) is 4.90 Å². The zero-order valence-electron chi connectivity index (χ0n) is 11.9. The van der Waals surface area contributed by atoms with Crippen molar-refractivity contribution in [3.63, 3.8) is 0 Å². The summed E-state index contributed by atoms with van der Waals surface area (Å²) < 4.78 is 27.9. The van der Waals surface area contributed by atoms with Crippen LogP contribution < -0.4 is 5.32 Å². The first-order valence-corrected chi connectivity index (χ1v) is 9.11. The third kappa shape index (κ3) is 3.42. The molecule has 1 aromatic carbocycles. The van der Waals surface area contributed by atoms with Crippen LogP contribution in [-0.4, -0.2) is 38.9 Å². The molecule has 1 saturated heterocycles. The van der Waals surface area contributed by atoms with Crippen molar-refractivity contribution < 1.29 is 8.42 Å². The van der Waals surface area contributed by atoms with Crippen LogP contribution >= 0.6 is 15.9 Å². The number of aryl methyl sites for hydroxylation is 1. The van der Waals surface area contributed by atoms with Crippen molar-refractivity contribution >= 4 is 26.0 Å². The van der Waals surface area contributed by atoms with Gasteiger partial charge in [0, 0.05) is 17.6 Å². The maximum atomic E-state index is 12.8. The molecule has 0 saturated carbocycles. The highest BCUT2D eigenvalue weighted by molar-refractivity contribution is 9.10. The van der Waals surface area contributed by atoms with Crippen molar-refractivity contribution in [2.24, 2.45) is 0 Å². The standard InChI is InChI=1S/C14H21BrN2O2S/c1-11-5-6-12(15)10-14(11)20(18,19)17(2)13-4-3-8-16-9-7-13/h5-6,10,13,16H,3-4,7-9H2,1-2H3. The van der Waals surface area contributed by atoms with Gasteiger partial charge in [0.15, 0.2) is 0 Å². The molecule has 1 N–H and O–H groups in total. The van der Waals surface area contributed by atoms with Gasteiger partial charge in [0.05, 0.1) is 4.90 Å². The van der Waals surface area contributed by atoms with E-state index in [1.54, 1.807) is 17.4 Å². The Morgan fingerprint density at radius 1 is 1.30 bits per heavy atom. The zero-order valence-corrected chi connectivity index (χ0v) is 14.3. The Kier molecular flexibility index (Phi) is 5.23. The number of nitrogens with one attached hydrogen (secondary N) is 1. The lowest BCUT2D eigenvalue weighted by Gasteiger charge is -2.27. The lowest BCUT2D eigenvalue weighted by atomic mass is 10.1. The number of benzene rings is 1. The van der Waals surface area contributed by atoms with Gasteiger partial charge in [-0.05, 0) is 57.0 Å². The van der Waals surface area contributed by atoms with Crippen LogP contribution in [-0.2, 0) is 10.0 Å². The van der Waals surface area contributed by atoms with E-state index in [-0.39, 0.29) is 6.04 Å². The normalized spacial score (nSPS) is 20.9. The molecule has 6 heteroatoms. The van der Waals surface area contributed by atoms with Crippen LogP contribution in [0.2, 0.25) is 0 Å². The van der Waals surface area contributed by atoms with Crippen LogP contribution in [0.15, 0.2) is 27.6 Å².